The van der Waals surface area contributed by atoms with Crippen molar-refractivity contribution < 1.29 is 27.8 Å². The number of alkyl carbamates (subject to hydrolysis) is 1. The van der Waals surface area contributed by atoms with Crippen LogP contribution in [-0.4, -0.2) is 36.1 Å². The predicted octanol–water partition coefficient (Wildman–Crippen LogP) is 3.84. The van der Waals surface area contributed by atoms with E-state index in [4.69, 9.17) is 4.74 Å². The van der Waals surface area contributed by atoms with Gasteiger partial charge in [-0.2, -0.15) is 13.2 Å². The van der Waals surface area contributed by atoms with E-state index in [0.717, 1.165) is 29.2 Å². The van der Waals surface area contributed by atoms with Crippen molar-refractivity contribution in [3.63, 3.8) is 0 Å². The molecule has 2 aromatic carbocycles. The smallest absolute Gasteiger partial charge is 0.411 e. The number of hydrogen-bond donors (Lipinski definition) is 2. The van der Waals surface area contributed by atoms with Crippen molar-refractivity contribution in [2.45, 2.75) is 31.2 Å². The second-order valence-corrected chi connectivity index (χ2v) is 6.23. The Bertz CT molecular complexity index is 759. The van der Waals surface area contributed by atoms with E-state index < -0.39 is 24.4 Å². The lowest BCUT2D eigenvalue weighted by Crippen LogP contribution is -2.52. The van der Waals surface area contributed by atoms with Gasteiger partial charge in [0.2, 0.25) is 0 Å². The molecule has 0 unspecified atom stereocenters. The molecule has 7 heteroatoms. The summed E-state index contributed by atoms with van der Waals surface area (Å²) in [5, 5.41) is 10.9. The summed E-state index contributed by atoms with van der Waals surface area (Å²) in [6.07, 6.45) is -7.76. The third-order valence-electron chi connectivity index (χ3n) is 4.45. The Morgan fingerprint density at radius 2 is 1.62 bits per heavy atom. The summed E-state index contributed by atoms with van der Waals surface area (Å²) in [6.45, 7) is 0.867. The highest BCUT2D eigenvalue weighted by Crippen LogP contribution is 2.44. The molecule has 0 heterocycles. The number of carbonyl (C=O) groups is 1. The van der Waals surface area contributed by atoms with Gasteiger partial charge < -0.3 is 15.2 Å². The minimum Gasteiger partial charge on any atom is -0.449 e. The number of nitrogens with one attached hydrogen (secondary N) is 1. The van der Waals surface area contributed by atoms with E-state index in [1.54, 1.807) is 5.32 Å². The first-order valence-electron chi connectivity index (χ1n) is 8.15. The molecule has 0 aliphatic heterocycles. The number of aliphatic hydroxyl groups is 1. The SMILES string of the molecule is C[C@@H](O)[C@@H](NC(=O)OCC1c2ccccc2-c2ccccc21)C(F)(F)F. The second-order valence-electron chi connectivity index (χ2n) is 6.23. The Morgan fingerprint density at radius 1 is 1.12 bits per heavy atom. The van der Waals surface area contributed by atoms with Crippen LogP contribution in [-0.2, 0) is 4.74 Å². The molecule has 0 saturated heterocycles. The summed E-state index contributed by atoms with van der Waals surface area (Å²) in [5.74, 6) is -0.246. The van der Waals surface area contributed by atoms with E-state index in [0.29, 0.717) is 0 Å². The minimum absolute atomic E-state index is 0.0930. The summed E-state index contributed by atoms with van der Waals surface area (Å²) >= 11 is 0. The fourth-order valence-electron chi connectivity index (χ4n) is 3.24. The zero-order chi connectivity index (χ0) is 18.9. The number of aliphatic hydroxyl groups excluding tert-OH is 1. The van der Waals surface area contributed by atoms with Crippen LogP contribution in [0.25, 0.3) is 11.1 Å². The van der Waals surface area contributed by atoms with E-state index in [-0.39, 0.29) is 12.5 Å². The van der Waals surface area contributed by atoms with Crippen molar-refractivity contribution in [2.75, 3.05) is 6.61 Å². The van der Waals surface area contributed by atoms with Gasteiger partial charge in [-0.15, -0.1) is 0 Å². The standard InChI is InChI=1S/C19H18F3NO3/c1-11(24)17(19(20,21)22)23-18(25)26-10-16-14-8-4-2-6-12(14)13-7-3-5-9-15(13)16/h2-9,11,16-17,24H,10H2,1H3,(H,23,25)/t11-,17-/m1/s1. The molecule has 3 rings (SSSR count). The van der Waals surface area contributed by atoms with Crippen molar-refractivity contribution in [3.8, 4) is 11.1 Å². The van der Waals surface area contributed by atoms with Gasteiger partial charge in [0.25, 0.3) is 0 Å². The topological polar surface area (TPSA) is 58.6 Å². The zero-order valence-corrected chi connectivity index (χ0v) is 14.0. The summed E-state index contributed by atoms with van der Waals surface area (Å²) in [4.78, 5) is 11.8. The van der Waals surface area contributed by atoms with Gasteiger partial charge in [0.1, 0.15) is 6.61 Å². The highest BCUT2D eigenvalue weighted by atomic mass is 19.4. The molecule has 2 atom stereocenters. The van der Waals surface area contributed by atoms with Gasteiger partial charge in [-0.3, -0.25) is 0 Å². The van der Waals surface area contributed by atoms with Gasteiger partial charge in [-0.1, -0.05) is 48.5 Å². The number of carbonyl (C=O) groups excluding carboxylic acids is 1. The molecule has 2 aromatic rings. The average molecular weight is 365 g/mol. The maximum Gasteiger partial charge on any atom is 0.411 e. The van der Waals surface area contributed by atoms with E-state index in [9.17, 15) is 23.1 Å². The largest absolute Gasteiger partial charge is 0.449 e. The van der Waals surface area contributed by atoms with Gasteiger partial charge in [0.05, 0.1) is 6.10 Å². The molecule has 0 aromatic heterocycles. The van der Waals surface area contributed by atoms with Crippen LogP contribution < -0.4 is 5.32 Å². The highest BCUT2D eigenvalue weighted by Gasteiger charge is 2.44. The monoisotopic (exact) mass is 365 g/mol. The molecule has 0 fully saturated rings. The lowest BCUT2D eigenvalue weighted by Gasteiger charge is -2.24. The van der Waals surface area contributed by atoms with Crippen LogP contribution in [0.3, 0.4) is 0 Å². The molecule has 1 aliphatic carbocycles. The van der Waals surface area contributed by atoms with Gasteiger partial charge in [0.15, 0.2) is 6.04 Å². The van der Waals surface area contributed by atoms with Gasteiger partial charge in [-0.25, -0.2) is 4.79 Å². The number of hydrogen-bond acceptors (Lipinski definition) is 3. The fourth-order valence-corrected chi connectivity index (χ4v) is 3.24. The molecule has 138 valence electrons. The number of ether oxygens (including phenoxy) is 1. The molecule has 0 spiro atoms. The minimum atomic E-state index is -4.76. The van der Waals surface area contributed by atoms with Gasteiger partial charge in [-0.05, 0) is 29.2 Å². The number of benzene rings is 2. The molecular formula is C19H18F3NO3. The van der Waals surface area contributed by atoms with Crippen molar-refractivity contribution in [1.82, 2.24) is 5.32 Å². The highest BCUT2D eigenvalue weighted by molar-refractivity contribution is 5.79. The van der Waals surface area contributed by atoms with E-state index in [1.807, 2.05) is 48.5 Å². The van der Waals surface area contributed by atoms with Crippen LogP contribution in [0.1, 0.15) is 24.0 Å². The normalized spacial score (nSPS) is 15.7. The first-order chi connectivity index (χ1) is 12.3. The lowest BCUT2D eigenvalue weighted by molar-refractivity contribution is -0.173. The Hall–Kier alpha value is -2.54. The number of alkyl halides is 3. The molecule has 0 radical (unpaired) electrons. The Kier molecular flexibility index (Phi) is 4.91. The van der Waals surface area contributed by atoms with Crippen molar-refractivity contribution in [1.29, 1.82) is 0 Å². The van der Waals surface area contributed by atoms with Crippen LogP contribution in [0, 0.1) is 0 Å². The number of fused-ring (bicyclic) bond motifs is 3. The first-order valence-corrected chi connectivity index (χ1v) is 8.15. The molecule has 0 bridgehead atoms. The summed E-state index contributed by atoms with van der Waals surface area (Å²) in [7, 11) is 0. The average Bonchev–Trinajstić information content (AvgIpc) is 2.91. The van der Waals surface area contributed by atoms with Gasteiger partial charge >= 0.3 is 12.3 Å². The molecule has 0 saturated carbocycles. The maximum atomic E-state index is 12.8. The molecular weight excluding hydrogens is 347 g/mol. The van der Waals surface area contributed by atoms with Crippen LogP contribution in [0.5, 0.6) is 0 Å². The van der Waals surface area contributed by atoms with Gasteiger partial charge in [0, 0.05) is 5.92 Å². The van der Waals surface area contributed by atoms with Crippen molar-refractivity contribution in [3.05, 3.63) is 59.7 Å². The quantitative estimate of drug-likeness (QED) is 0.866. The molecule has 2 N–H and O–H groups in total. The summed E-state index contributed by atoms with van der Waals surface area (Å²) < 4.78 is 43.6. The summed E-state index contributed by atoms with van der Waals surface area (Å²) in [5.41, 5.74) is 3.97. The van der Waals surface area contributed by atoms with Crippen molar-refractivity contribution in [2.24, 2.45) is 0 Å². The third-order valence-corrected chi connectivity index (χ3v) is 4.45. The van der Waals surface area contributed by atoms with E-state index in [2.05, 4.69) is 0 Å². The lowest BCUT2D eigenvalue weighted by atomic mass is 9.98. The van der Waals surface area contributed by atoms with E-state index >= 15 is 0 Å². The van der Waals surface area contributed by atoms with Crippen LogP contribution in [0.2, 0.25) is 0 Å². The predicted molar refractivity (Wildman–Crippen MR) is 89.7 cm³/mol. The second kappa shape index (κ2) is 6.99. The Labute approximate surface area is 148 Å². The Morgan fingerprint density at radius 3 is 2.08 bits per heavy atom. The fraction of sp³-hybridized carbons (Fsp3) is 0.316. The Balaban J connectivity index is 1.73. The van der Waals surface area contributed by atoms with Crippen LogP contribution >= 0.6 is 0 Å². The van der Waals surface area contributed by atoms with Crippen LogP contribution in [0.4, 0.5) is 18.0 Å². The first kappa shape index (κ1) is 18.3. The number of rotatable bonds is 4. The molecule has 26 heavy (non-hydrogen) atoms. The third kappa shape index (κ3) is 3.53. The van der Waals surface area contributed by atoms with Crippen LogP contribution in [0.15, 0.2) is 48.5 Å². The molecule has 1 aliphatic rings. The van der Waals surface area contributed by atoms with E-state index in [1.165, 1.54) is 0 Å². The number of amides is 1. The maximum absolute atomic E-state index is 12.8. The number of halogens is 3. The zero-order valence-electron chi connectivity index (χ0n) is 14.0. The van der Waals surface area contributed by atoms with Crippen molar-refractivity contribution >= 4 is 6.09 Å². The summed E-state index contributed by atoms with van der Waals surface area (Å²) in [6, 6.07) is 12.9. The molecule has 4 nitrogen and oxygen atoms in total. The molecule has 1 amide bonds.